The summed E-state index contributed by atoms with van der Waals surface area (Å²) in [4.78, 5) is 39.6. The number of ketones is 1. The van der Waals surface area contributed by atoms with E-state index in [0.717, 1.165) is 11.1 Å². The average Bonchev–Trinajstić information content (AvgIpc) is 2.85. The van der Waals surface area contributed by atoms with Gasteiger partial charge >= 0.3 is 11.9 Å². The third-order valence-corrected chi connectivity index (χ3v) is 5.88. The summed E-state index contributed by atoms with van der Waals surface area (Å²) in [6.45, 7) is 16.7. The Balaban J connectivity index is 1.87. The number of morpholine rings is 1. The molecule has 0 bridgehead atoms. The highest BCUT2D eigenvalue weighted by molar-refractivity contribution is 6.03. The van der Waals surface area contributed by atoms with Crippen molar-refractivity contribution >= 4 is 17.7 Å². The second-order valence-electron chi connectivity index (χ2n) is 9.07. The molecule has 1 heterocycles. The smallest absolute Gasteiger partial charge is 0.338 e. The maximum atomic E-state index is 13.3. The summed E-state index contributed by atoms with van der Waals surface area (Å²) in [5.74, 6) is -1.06. The van der Waals surface area contributed by atoms with E-state index in [9.17, 15) is 14.4 Å². The average molecular weight is 478 g/mol. The zero-order chi connectivity index (χ0) is 25.8. The molecular weight excluding hydrogens is 446 g/mol. The molecule has 7 nitrogen and oxygen atoms in total. The Morgan fingerprint density at radius 1 is 0.829 bits per heavy atom. The molecule has 0 unspecified atom stereocenters. The number of Topliss-reactive ketones (excluding diaryl/α,β-unsaturated/α-hetero) is 1. The Labute approximate surface area is 206 Å². The lowest BCUT2D eigenvalue weighted by molar-refractivity contribution is -0.132. The monoisotopic (exact) mass is 477 g/mol. The summed E-state index contributed by atoms with van der Waals surface area (Å²) >= 11 is 0. The molecule has 1 fully saturated rings. The van der Waals surface area contributed by atoms with E-state index in [1.807, 2.05) is 26.0 Å². The summed E-state index contributed by atoms with van der Waals surface area (Å²) < 4.78 is 16.1. The van der Waals surface area contributed by atoms with Crippen LogP contribution < -0.4 is 9.47 Å². The molecule has 0 atom stereocenters. The van der Waals surface area contributed by atoms with Gasteiger partial charge in [-0.1, -0.05) is 43.5 Å². The van der Waals surface area contributed by atoms with Crippen molar-refractivity contribution in [3.05, 3.63) is 72.3 Å². The summed E-state index contributed by atoms with van der Waals surface area (Å²) in [5, 5.41) is 0. The van der Waals surface area contributed by atoms with Crippen LogP contribution in [0.5, 0.6) is 11.5 Å². The number of hydrogen-bond acceptors (Lipinski definition) is 7. The Bertz CT molecular complexity index is 1160. The Morgan fingerprint density at radius 2 is 1.34 bits per heavy atom. The van der Waals surface area contributed by atoms with Crippen LogP contribution in [0.4, 0.5) is 0 Å². The van der Waals surface area contributed by atoms with E-state index in [0.29, 0.717) is 31.9 Å². The summed E-state index contributed by atoms with van der Waals surface area (Å²) in [6.07, 6.45) is 0. The Hall–Kier alpha value is -3.55. The molecule has 0 saturated carbocycles. The van der Waals surface area contributed by atoms with Gasteiger partial charge in [0.2, 0.25) is 0 Å². The molecule has 2 aromatic rings. The van der Waals surface area contributed by atoms with Gasteiger partial charge in [-0.15, -0.1) is 0 Å². The van der Waals surface area contributed by atoms with Crippen LogP contribution in [0.15, 0.2) is 66.8 Å². The minimum absolute atomic E-state index is 0.0316. The first-order chi connectivity index (χ1) is 16.5. The Morgan fingerprint density at radius 3 is 1.89 bits per heavy atom. The van der Waals surface area contributed by atoms with Crippen molar-refractivity contribution in [2.75, 3.05) is 26.3 Å². The first kappa shape index (κ1) is 26.1. The van der Waals surface area contributed by atoms with Crippen molar-refractivity contribution in [3.8, 4) is 22.6 Å². The molecule has 0 amide bonds. The lowest BCUT2D eigenvalue weighted by atomic mass is 9.90. The molecule has 0 radical (unpaired) electrons. The van der Waals surface area contributed by atoms with Gasteiger partial charge in [0.25, 0.3) is 0 Å². The van der Waals surface area contributed by atoms with Gasteiger partial charge in [-0.25, -0.2) is 9.59 Å². The summed E-state index contributed by atoms with van der Waals surface area (Å²) in [6, 6.07) is 12.1. The van der Waals surface area contributed by atoms with Gasteiger partial charge in [0.05, 0.1) is 18.8 Å². The molecule has 35 heavy (non-hydrogen) atoms. The first-order valence-electron chi connectivity index (χ1n) is 11.4. The minimum atomic E-state index is -0.649. The highest BCUT2D eigenvalue weighted by Crippen LogP contribution is 2.34. The summed E-state index contributed by atoms with van der Waals surface area (Å²) in [7, 11) is 0. The highest BCUT2D eigenvalue weighted by atomic mass is 16.6. The number of carbonyl (C=O) groups is 3. The Kier molecular flexibility index (Phi) is 8.04. The maximum absolute atomic E-state index is 13.3. The molecule has 1 aliphatic heterocycles. The van der Waals surface area contributed by atoms with Crippen molar-refractivity contribution in [2.45, 2.75) is 33.2 Å². The predicted molar refractivity (Wildman–Crippen MR) is 134 cm³/mol. The van der Waals surface area contributed by atoms with Gasteiger partial charge in [-0.2, -0.15) is 0 Å². The third-order valence-electron chi connectivity index (χ3n) is 5.88. The van der Waals surface area contributed by atoms with Crippen molar-refractivity contribution in [1.82, 2.24) is 4.90 Å². The van der Waals surface area contributed by atoms with E-state index in [1.165, 1.54) is 13.8 Å². The first-order valence-corrected chi connectivity index (χ1v) is 11.4. The quantitative estimate of drug-likeness (QED) is 0.238. The van der Waals surface area contributed by atoms with Crippen molar-refractivity contribution < 1.29 is 28.6 Å². The van der Waals surface area contributed by atoms with Crippen LogP contribution >= 0.6 is 0 Å². The molecule has 1 aliphatic rings. The lowest BCUT2D eigenvalue weighted by Gasteiger charge is -2.39. The molecule has 0 spiro atoms. The van der Waals surface area contributed by atoms with Crippen LogP contribution in [-0.2, 0) is 14.3 Å². The molecule has 1 saturated heterocycles. The van der Waals surface area contributed by atoms with E-state index in [4.69, 9.17) is 14.2 Å². The minimum Gasteiger partial charge on any atom is -0.419 e. The van der Waals surface area contributed by atoms with Crippen molar-refractivity contribution in [2.24, 2.45) is 0 Å². The number of nitrogens with zero attached hydrogens (tertiary/aromatic N) is 1. The van der Waals surface area contributed by atoms with E-state index in [1.54, 1.807) is 30.3 Å². The van der Waals surface area contributed by atoms with E-state index in [-0.39, 0.29) is 28.4 Å². The number of rotatable bonds is 8. The van der Waals surface area contributed by atoms with Crippen LogP contribution in [0, 0.1) is 0 Å². The van der Waals surface area contributed by atoms with Gasteiger partial charge in [0.15, 0.2) is 17.3 Å². The highest BCUT2D eigenvalue weighted by Gasteiger charge is 2.35. The van der Waals surface area contributed by atoms with Gasteiger partial charge in [0.1, 0.15) is 0 Å². The number of hydrogen-bond donors (Lipinski definition) is 0. The van der Waals surface area contributed by atoms with Gasteiger partial charge < -0.3 is 14.2 Å². The molecule has 2 aromatic carbocycles. The second kappa shape index (κ2) is 10.8. The maximum Gasteiger partial charge on any atom is 0.338 e. The van der Waals surface area contributed by atoms with Crippen molar-refractivity contribution in [3.63, 3.8) is 0 Å². The second-order valence-corrected chi connectivity index (χ2v) is 9.07. The van der Waals surface area contributed by atoms with Crippen LogP contribution in [0.2, 0.25) is 0 Å². The number of ether oxygens (including phenoxy) is 3. The zero-order valence-corrected chi connectivity index (χ0v) is 20.7. The fourth-order valence-electron chi connectivity index (χ4n) is 3.66. The lowest BCUT2D eigenvalue weighted by Crippen LogP contribution is -2.54. The fourth-order valence-corrected chi connectivity index (χ4v) is 3.66. The number of benzene rings is 2. The molecule has 0 N–H and O–H groups in total. The van der Waals surface area contributed by atoms with Crippen LogP contribution in [0.1, 0.15) is 38.1 Å². The molecular formula is C28H31NO6. The van der Waals surface area contributed by atoms with Crippen LogP contribution in [0.3, 0.4) is 0 Å². The van der Waals surface area contributed by atoms with E-state index >= 15 is 0 Å². The standard InChI is InChI=1S/C28H31NO6/c1-18(2)26(31)34-23-12-11-22(17-24(23)35-27(32)19(3)4)20-7-9-21(10-8-20)25(30)28(5,6)29-13-15-33-16-14-29/h7-12,17H,1,3,13-16H2,2,4-6H3. The number of esters is 2. The molecule has 0 aliphatic carbocycles. The molecule has 0 aromatic heterocycles. The van der Waals surface area contributed by atoms with Gasteiger partial charge in [0, 0.05) is 29.8 Å². The zero-order valence-electron chi connectivity index (χ0n) is 20.7. The van der Waals surface area contributed by atoms with Crippen LogP contribution in [0.25, 0.3) is 11.1 Å². The van der Waals surface area contributed by atoms with Gasteiger partial charge in [-0.05, 0) is 51.0 Å². The molecule has 7 heteroatoms. The normalized spacial score (nSPS) is 14.2. The largest absolute Gasteiger partial charge is 0.419 e. The predicted octanol–water partition coefficient (Wildman–Crippen LogP) is 4.61. The summed E-state index contributed by atoms with van der Waals surface area (Å²) in [5.41, 5.74) is 1.90. The number of carbonyl (C=O) groups excluding carboxylic acids is 3. The molecule has 3 rings (SSSR count). The topological polar surface area (TPSA) is 82.1 Å². The van der Waals surface area contributed by atoms with Gasteiger partial charge in [-0.3, -0.25) is 9.69 Å². The third kappa shape index (κ3) is 6.12. The van der Waals surface area contributed by atoms with Crippen molar-refractivity contribution in [1.29, 1.82) is 0 Å². The van der Waals surface area contributed by atoms with E-state index < -0.39 is 17.5 Å². The SMILES string of the molecule is C=C(C)C(=O)Oc1ccc(-c2ccc(C(=O)C(C)(C)N3CCOCC3)cc2)cc1OC(=O)C(=C)C. The van der Waals surface area contributed by atoms with E-state index in [2.05, 4.69) is 18.1 Å². The molecule has 184 valence electrons. The fraction of sp³-hybridized carbons (Fsp3) is 0.321. The van der Waals surface area contributed by atoms with Crippen LogP contribution in [-0.4, -0.2) is 54.5 Å².